The van der Waals surface area contributed by atoms with Gasteiger partial charge in [0.25, 0.3) is 0 Å². The third-order valence-corrected chi connectivity index (χ3v) is 4.38. The van der Waals surface area contributed by atoms with Gasteiger partial charge < -0.3 is 5.32 Å². The lowest BCUT2D eigenvalue weighted by atomic mass is 10.1. The summed E-state index contributed by atoms with van der Waals surface area (Å²) in [6.07, 6.45) is -4.35. The standard InChI is InChI=1S/C17H16F3NOS/c1-12(16(22)21-15-8-3-2-4-9-15)23-11-13-6-5-7-14(10-13)17(18,19)20/h2-10,12H,11H2,1H3,(H,21,22). The van der Waals surface area contributed by atoms with E-state index in [0.717, 1.165) is 12.1 Å². The lowest BCUT2D eigenvalue weighted by Gasteiger charge is -2.13. The van der Waals surface area contributed by atoms with Gasteiger partial charge in [0.15, 0.2) is 0 Å². The maximum atomic E-state index is 12.7. The third kappa shape index (κ3) is 5.32. The van der Waals surface area contributed by atoms with Crippen LogP contribution in [0, 0.1) is 0 Å². The minimum absolute atomic E-state index is 0.173. The number of halogens is 3. The molecule has 0 spiro atoms. The van der Waals surface area contributed by atoms with Gasteiger partial charge in [-0.15, -0.1) is 11.8 Å². The summed E-state index contributed by atoms with van der Waals surface area (Å²) in [6.45, 7) is 1.73. The quantitative estimate of drug-likeness (QED) is 0.834. The molecule has 1 amide bonds. The number of para-hydroxylation sites is 1. The van der Waals surface area contributed by atoms with E-state index in [-0.39, 0.29) is 11.2 Å². The molecule has 1 unspecified atom stereocenters. The van der Waals surface area contributed by atoms with Crippen LogP contribution < -0.4 is 5.32 Å². The number of thioether (sulfide) groups is 1. The van der Waals surface area contributed by atoms with E-state index < -0.39 is 11.7 Å². The Hall–Kier alpha value is -1.95. The van der Waals surface area contributed by atoms with Crippen LogP contribution in [0.3, 0.4) is 0 Å². The Kier molecular flexibility index (Phi) is 5.71. The molecule has 0 saturated heterocycles. The van der Waals surface area contributed by atoms with Crippen LogP contribution >= 0.6 is 11.8 Å². The summed E-state index contributed by atoms with van der Waals surface area (Å²) in [7, 11) is 0. The molecule has 0 aromatic heterocycles. The predicted molar refractivity (Wildman–Crippen MR) is 87.3 cm³/mol. The molecule has 122 valence electrons. The van der Waals surface area contributed by atoms with Gasteiger partial charge in [-0.3, -0.25) is 4.79 Å². The number of hydrogen-bond acceptors (Lipinski definition) is 2. The molecule has 0 aliphatic carbocycles. The van der Waals surface area contributed by atoms with Gasteiger partial charge in [0, 0.05) is 11.4 Å². The molecular weight excluding hydrogens is 323 g/mol. The second-order valence-corrected chi connectivity index (χ2v) is 6.34. The molecule has 0 aliphatic heterocycles. The van der Waals surface area contributed by atoms with Crippen LogP contribution in [-0.2, 0) is 16.7 Å². The molecular formula is C17H16F3NOS. The van der Waals surface area contributed by atoms with E-state index in [0.29, 0.717) is 17.0 Å². The molecule has 2 aromatic rings. The van der Waals surface area contributed by atoms with E-state index in [4.69, 9.17) is 0 Å². The van der Waals surface area contributed by atoms with Gasteiger partial charge in [0.2, 0.25) is 5.91 Å². The van der Waals surface area contributed by atoms with Crippen molar-refractivity contribution in [3.05, 3.63) is 65.7 Å². The van der Waals surface area contributed by atoms with E-state index in [1.807, 2.05) is 18.2 Å². The summed E-state index contributed by atoms with van der Waals surface area (Å²) in [5, 5.41) is 2.40. The van der Waals surface area contributed by atoms with E-state index in [1.54, 1.807) is 25.1 Å². The molecule has 0 heterocycles. The Morgan fingerprint density at radius 1 is 1.13 bits per heavy atom. The van der Waals surface area contributed by atoms with Crippen molar-refractivity contribution in [2.75, 3.05) is 5.32 Å². The molecule has 0 fully saturated rings. The molecule has 2 aromatic carbocycles. The zero-order valence-electron chi connectivity index (χ0n) is 12.4. The van der Waals surface area contributed by atoms with Gasteiger partial charge in [0.1, 0.15) is 0 Å². The average Bonchev–Trinajstić information content (AvgIpc) is 2.53. The first-order valence-corrected chi connectivity index (χ1v) is 8.05. The molecule has 1 atom stereocenters. The minimum Gasteiger partial charge on any atom is -0.325 e. The number of benzene rings is 2. The number of nitrogens with one attached hydrogen (secondary N) is 1. The zero-order valence-corrected chi connectivity index (χ0v) is 13.2. The molecule has 2 nitrogen and oxygen atoms in total. The van der Waals surface area contributed by atoms with Gasteiger partial charge in [-0.2, -0.15) is 13.2 Å². The monoisotopic (exact) mass is 339 g/mol. The van der Waals surface area contributed by atoms with Gasteiger partial charge >= 0.3 is 6.18 Å². The number of carbonyl (C=O) groups is 1. The maximum Gasteiger partial charge on any atom is 0.416 e. The average molecular weight is 339 g/mol. The summed E-state index contributed by atoms with van der Waals surface area (Å²) in [5.74, 6) is 0.168. The molecule has 0 aliphatic rings. The van der Waals surface area contributed by atoms with Gasteiger partial charge in [-0.1, -0.05) is 36.4 Å². The molecule has 2 rings (SSSR count). The Morgan fingerprint density at radius 3 is 2.48 bits per heavy atom. The zero-order chi connectivity index (χ0) is 16.9. The SMILES string of the molecule is CC(SCc1cccc(C(F)(F)F)c1)C(=O)Nc1ccccc1. The highest BCUT2D eigenvalue weighted by atomic mass is 32.2. The predicted octanol–water partition coefficient (Wildman–Crippen LogP) is 4.97. The summed E-state index contributed by atoms with van der Waals surface area (Å²) < 4.78 is 38.0. The first-order valence-electron chi connectivity index (χ1n) is 7.00. The number of alkyl halides is 3. The second kappa shape index (κ2) is 7.55. The fourth-order valence-corrected chi connectivity index (χ4v) is 2.73. The lowest BCUT2D eigenvalue weighted by molar-refractivity contribution is -0.137. The number of amides is 1. The molecule has 6 heteroatoms. The van der Waals surface area contributed by atoms with Crippen molar-refractivity contribution in [1.29, 1.82) is 0 Å². The minimum atomic E-state index is -4.35. The van der Waals surface area contributed by atoms with Crippen molar-refractivity contribution < 1.29 is 18.0 Å². The van der Waals surface area contributed by atoms with Crippen molar-refractivity contribution in [1.82, 2.24) is 0 Å². The number of anilines is 1. The Morgan fingerprint density at radius 2 is 1.83 bits per heavy atom. The topological polar surface area (TPSA) is 29.1 Å². The lowest BCUT2D eigenvalue weighted by Crippen LogP contribution is -2.22. The third-order valence-electron chi connectivity index (χ3n) is 3.16. The number of rotatable bonds is 5. The van der Waals surface area contributed by atoms with Crippen LogP contribution in [0.2, 0.25) is 0 Å². The first kappa shape index (κ1) is 17.4. The van der Waals surface area contributed by atoms with Gasteiger partial charge in [-0.05, 0) is 30.7 Å². The maximum absolute atomic E-state index is 12.7. The Labute approximate surface area is 137 Å². The highest BCUT2D eigenvalue weighted by Crippen LogP contribution is 2.30. The Bertz CT molecular complexity index is 658. The van der Waals surface area contributed by atoms with Crippen LogP contribution in [0.1, 0.15) is 18.1 Å². The van der Waals surface area contributed by atoms with Gasteiger partial charge in [-0.25, -0.2) is 0 Å². The summed E-state index contributed by atoms with van der Waals surface area (Å²) >= 11 is 1.30. The van der Waals surface area contributed by atoms with Crippen molar-refractivity contribution >= 4 is 23.4 Å². The smallest absolute Gasteiger partial charge is 0.325 e. The molecule has 0 radical (unpaired) electrons. The molecule has 0 saturated carbocycles. The summed E-state index contributed by atoms with van der Waals surface area (Å²) in [4.78, 5) is 12.0. The van der Waals surface area contributed by atoms with Crippen LogP contribution in [0.4, 0.5) is 18.9 Å². The molecule has 0 bridgehead atoms. The Balaban J connectivity index is 1.91. The fourth-order valence-electron chi connectivity index (χ4n) is 1.90. The summed E-state index contributed by atoms with van der Waals surface area (Å²) in [6, 6.07) is 14.2. The van der Waals surface area contributed by atoms with Crippen LogP contribution in [0.5, 0.6) is 0 Å². The van der Waals surface area contributed by atoms with Crippen molar-refractivity contribution in [2.24, 2.45) is 0 Å². The van der Waals surface area contributed by atoms with E-state index >= 15 is 0 Å². The summed E-state index contributed by atoms with van der Waals surface area (Å²) in [5.41, 5.74) is 0.574. The highest BCUT2D eigenvalue weighted by Gasteiger charge is 2.30. The van der Waals surface area contributed by atoms with E-state index in [1.165, 1.54) is 17.8 Å². The van der Waals surface area contributed by atoms with Crippen molar-refractivity contribution in [2.45, 2.75) is 24.1 Å². The van der Waals surface area contributed by atoms with E-state index in [2.05, 4.69) is 5.32 Å². The largest absolute Gasteiger partial charge is 0.416 e. The van der Waals surface area contributed by atoms with Gasteiger partial charge in [0.05, 0.1) is 10.8 Å². The molecule has 23 heavy (non-hydrogen) atoms. The number of hydrogen-bond donors (Lipinski definition) is 1. The normalized spacial score (nSPS) is 12.7. The van der Waals surface area contributed by atoms with E-state index in [9.17, 15) is 18.0 Å². The van der Waals surface area contributed by atoms with Crippen LogP contribution in [0.25, 0.3) is 0 Å². The highest BCUT2D eigenvalue weighted by molar-refractivity contribution is 7.99. The van der Waals surface area contributed by atoms with Crippen molar-refractivity contribution in [3.8, 4) is 0 Å². The second-order valence-electron chi connectivity index (χ2n) is 5.01. The first-order chi connectivity index (χ1) is 10.9. The van der Waals surface area contributed by atoms with Crippen molar-refractivity contribution in [3.63, 3.8) is 0 Å². The fraction of sp³-hybridized carbons (Fsp3) is 0.235. The van der Waals surface area contributed by atoms with Crippen LogP contribution in [-0.4, -0.2) is 11.2 Å². The number of carbonyl (C=O) groups excluding carboxylic acids is 1. The van der Waals surface area contributed by atoms with Crippen LogP contribution in [0.15, 0.2) is 54.6 Å². The molecule has 1 N–H and O–H groups in total.